The number of rotatable bonds is 20. The number of amides is 5. The van der Waals surface area contributed by atoms with Crippen LogP contribution in [0.25, 0.3) is 0 Å². The van der Waals surface area contributed by atoms with Crippen molar-refractivity contribution in [1.29, 1.82) is 0 Å². The molecule has 2 aromatic carbocycles. The van der Waals surface area contributed by atoms with E-state index in [1.165, 1.54) is 11.3 Å². The molecule has 3 saturated carbocycles. The second-order valence-corrected chi connectivity index (χ2v) is 21.2. The lowest BCUT2D eigenvalue weighted by molar-refractivity contribution is -0.200. The fraction of sp³-hybridized carbons (Fsp3) is 0.481. The van der Waals surface area contributed by atoms with Gasteiger partial charge in [0.05, 0.1) is 48.7 Å². The second kappa shape index (κ2) is 22.1. The molecule has 17 nitrogen and oxygen atoms in total. The number of alkyl halides is 1. The Morgan fingerprint density at radius 3 is 2.32 bits per heavy atom. The van der Waals surface area contributed by atoms with Crippen LogP contribution in [0.3, 0.4) is 0 Å². The number of carbonyl (C=O) groups excluding carboxylic acids is 7. The summed E-state index contributed by atoms with van der Waals surface area (Å²) >= 11 is 4.51. The van der Waals surface area contributed by atoms with Crippen LogP contribution in [-0.4, -0.2) is 113 Å². The number of halogens is 1. The quantitative estimate of drug-likeness (QED) is 0.0491. The van der Waals surface area contributed by atoms with E-state index < -0.39 is 89.4 Å². The second-order valence-electron chi connectivity index (χ2n) is 19.4. The number of ketones is 2. The Labute approximate surface area is 424 Å². The van der Waals surface area contributed by atoms with Gasteiger partial charge in [-0.2, -0.15) is 0 Å². The minimum absolute atomic E-state index is 0.00416. The normalized spacial score (nSPS) is 28.5. The van der Waals surface area contributed by atoms with E-state index >= 15 is 0 Å². The van der Waals surface area contributed by atoms with E-state index in [-0.39, 0.29) is 61.7 Å². The number of hydrogen-bond acceptors (Lipinski definition) is 13. The van der Waals surface area contributed by atoms with Gasteiger partial charge in [-0.3, -0.25) is 33.6 Å². The van der Waals surface area contributed by atoms with Gasteiger partial charge in [-0.25, -0.2) is 0 Å². The van der Waals surface area contributed by atoms with Crippen LogP contribution in [0.5, 0.6) is 0 Å². The summed E-state index contributed by atoms with van der Waals surface area (Å²) in [6, 6.07) is 19.8. The molecule has 1 aliphatic heterocycles. The topological polar surface area (TPSA) is 248 Å². The summed E-state index contributed by atoms with van der Waals surface area (Å²) in [7, 11) is 0. The molecule has 4 aliphatic carbocycles. The lowest BCUT2D eigenvalue weighted by atomic mass is 9.46. The first kappa shape index (κ1) is 51.9. The Morgan fingerprint density at radius 2 is 1.58 bits per heavy atom. The first-order chi connectivity index (χ1) is 34.1. The van der Waals surface area contributed by atoms with Gasteiger partial charge in [0.15, 0.2) is 23.5 Å². The number of hydrogen-bond donors (Lipinski definition) is 7. The van der Waals surface area contributed by atoms with Gasteiger partial charge in [0.25, 0.3) is 0 Å². The summed E-state index contributed by atoms with van der Waals surface area (Å²) in [5.74, 6) is -3.22. The number of allylic oxidation sites excluding steroid dienone is 4. The van der Waals surface area contributed by atoms with Crippen molar-refractivity contribution in [2.24, 2.45) is 28.6 Å². The summed E-state index contributed by atoms with van der Waals surface area (Å²) in [4.78, 5) is 90.0. The fourth-order valence-corrected chi connectivity index (χ4v) is 13.0. The molecule has 5 amide bonds. The molecule has 2 heterocycles. The average Bonchev–Trinajstić information content (AvgIpc) is 4.06. The Hall–Kier alpha value is -5.41. The SMILES string of the molecule is C[C@]12C=CC(=O)C=C1CC[C@@H]1[C@@H]2[C@@H](O)C[C@@]2(C)[C@H]1C[C@H]1O[C@@H](c3ccc(Cc4ccc(COCNC(=O)CNC(=O)[C@H](Cc5ccccc5)NC(=O)CNC(=O)CNC(=O)CBr)cc4)s3)O[C@]12C(=O)CO. The van der Waals surface area contributed by atoms with Crippen LogP contribution >= 0.6 is 27.3 Å². The number of ether oxygens (including phenoxy) is 3. The van der Waals surface area contributed by atoms with Gasteiger partial charge < -0.3 is 51.0 Å². The third-order valence-electron chi connectivity index (χ3n) is 15.1. The Balaban J connectivity index is 0.793. The van der Waals surface area contributed by atoms with Crippen LogP contribution in [-0.2, 0) is 67.2 Å². The molecule has 7 N–H and O–H groups in total. The molecular weight excluding hydrogens is 999 g/mol. The van der Waals surface area contributed by atoms with Crippen molar-refractivity contribution in [3.05, 3.63) is 117 Å². The first-order valence-corrected chi connectivity index (χ1v) is 25.8. The van der Waals surface area contributed by atoms with Gasteiger partial charge in [-0.1, -0.05) is 96.0 Å². The molecule has 3 aromatic rings. The highest BCUT2D eigenvalue weighted by molar-refractivity contribution is 9.09. The number of thiophene rings is 1. The number of benzene rings is 2. The summed E-state index contributed by atoms with van der Waals surface area (Å²) < 4.78 is 19.1. The van der Waals surface area contributed by atoms with Crippen LogP contribution < -0.4 is 26.6 Å². The minimum Gasteiger partial charge on any atom is -0.393 e. The van der Waals surface area contributed by atoms with Crippen LogP contribution in [0.1, 0.15) is 72.3 Å². The van der Waals surface area contributed by atoms with Gasteiger partial charge >= 0.3 is 0 Å². The van der Waals surface area contributed by atoms with E-state index in [2.05, 4.69) is 49.4 Å². The first-order valence-electron chi connectivity index (χ1n) is 23.9. The number of carbonyl (C=O) groups is 7. The highest BCUT2D eigenvalue weighted by Gasteiger charge is 2.76. The number of fused-ring (bicyclic) bond motifs is 7. The van der Waals surface area contributed by atoms with Crippen molar-refractivity contribution in [1.82, 2.24) is 26.6 Å². The Morgan fingerprint density at radius 1 is 0.873 bits per heavy atom. The Kier molecular flexibility index (Phi) is 16.2. The van der Waals surface area contributed by atoms with Crippen molar-refractivity contribution < 1.29 is 58.0 Å². The predicted molar refractivity (Wildman–Crippen MR) is 263 cm³/mol. The summed E-state index contributed by atoms with van der Waals surface area (Å²) in [6.45, 7) is 2.42. The van der Waals surface area contributed by atoms with Gasteiger partial charge in [-0.15, -0.1) is 11.3 Å². The average molecular weight is 1060 g/mol. The van der Waals surface area contributed by atoms with Crippen LogP contribution in [0.15, 0.2) is 90.5 Å². The van der Waals surface area contributed by atoms with E-state index in [0.29, 0.717) is 19.3 Å². The van der Waals surface area contributed by atoms with Crippen molar-refractivity contribution in [2.75, 3.05) is 38.3 Å². The van der Waals surface area contributed by atoms with Crippen molar-refractivity contribution in [3.63, 3.8) is 0 Å². The summed E-state index contributed by atoms with van der Waals surface area (Å²) in [6.07, 6.45) is 6.28. The standard InChI is InChI=1S/C52H60BrN5O12S/c1-50-17-16-34(60)20-33(50)12-14-36-37-21-42-52(41(62)27-59,51(37,2)22-39(61)47(36)50)70-49(69-42)40-15-13-35(71-40)18-31-8-10-32(11-9-31)28-68-29-57-45(65)25-56-48(67)38(19-30-6-4-3-5-7-30)58-46(66)26-55-44(64)24-54-43(63)23-53/h3-11,13,15-17,20,36-39,42,47,49,59,61H,12,14,18-19,21-29H2,1-2H3,(H,54,63)(H,55,64)(H,56,67)(H,57,65)(H,58,66)/t36-,37-,38-,39-,42+,47+,49+,50-,51-,52+/m0/s1. The smallest absolute Gasteiger partial charge is 0.243 e. The molecule has 0 unspecified atom stereocenters. The zero-order valence-corrected chi connectivity index (χ0v) is 42.0. The Bertz CT molecular complexity index is 2570. The molecule has 0 radical (unpaired) electrons. The lowest BCUT2D eigenvalue weighted by Gasteiger charge is -2.59. The molecule has 0 spiro atoms. The maximum Gasteiger partial charge on any atom is 0.243 e. The molecule has 4 fully saturated rings. The summed E-state index contributed by atoms with van der Waals surface area (Å²) in [5, 5.41) is 34.9. The van der Waals surface area contributed by atoms with E-state index in [1.807, 2.05) is 55.5 Å². The lowest BCUT2D eigenvalue weighted by Crippen LogP contribution is -2.63. The fourth-order valence-electron chi connectivity index (χ4n) is 11.8. The molecule has 19 heteroatoms. The van der Waals surface area contributed by atoms with E-state index in [0.717, 1.165) is 44.9 Å². The van der Waals surface area contributed by atoms with Crippen molar-refractivity contribution in [3.8, 4) is 0 Å². The summed E-state index contributed by atoms with van der Waals surface area (Å²) in [5.41, 5.74) is 1.06. The van der Waals surface area contributed by atoms with Crippen molar-refractivity contribution >= 4 is 68.4 Å². The van der Waals surface area contributed by atoms with Crippen LogP contribution in [0.2, 0.25) is 0 Å². The molecule has 8 rings (SSSR count). The zero-order valence-electron chi connectivity index (χ0n) is 39.6. The number of Topliss-reactive ketones (excluding diaryl/α,β-unsaturated/α-hetero) is 1. The maximum absolute atomic E-state index is 14.0. The highest BCUT2D eigenvalue weighted by Crippen LogP contribution is 2.70. The molecule has 71 heavy (non-hydrogen) atoms. The molecule has 10 atom stereocenters. The van der Waals surface area contributed by atoms with Crippen LogP contribution in [0, 0.1) is 28.6 Å². The molecule has 378 valence electrons. The van der Waals surface area contributed by atoms with Gasteiger partial charge in [0.1, 0.15) is 19.4 Å². The zero-order chi connectivity index (χ0) is 50.5. The van der Waals surface area contributed by atoms with E-state index in [4.69, 9.17) is 14.2 Å². The van der Waals surface area contributed by atoms with Gasteiger partial charge in [0, 0.05) is 34.5 Å². The number of nitrogens with one attached hydrogen (secondary N) is 5. The van der Waals surface area contributed by atoms with Gasteiger partial charge in [-0.05, 0) is 78.5 Å². The van der Waals surface area contributed by atoms with E-state index in [1.54, 1.807) is 36.4 Å². The largest absolute Gasteiger partial charge is 0.393 e. The van der Waals surface area contributed by atoms with E-state index in [9.17, 15) is 43.8 Å². The molecular formula is C52H60BrN5O12S. The molecule has 5 aliphatic rings. The minimum atomic E-state index is -1.42. The molecule has 1 saturated heterocycles. The molecule has 0 bridgehead atoms. The third kappa shape index (κ3) is 11.0. The number of aliphatic hydroxyl groups excluding tert-OH is 2. The monoisotopic (exact) mass is 1060 g/mol. The highest BCUT2D eigenvalue weighted by atomic mass is 79.9. The number of aliphatic hydroxyl groups is 2. The van der Waals surface area contributed by atoms with Crippen LogP contribution in [0.4, 0.5) is 0 Å². The molecule has 1 aromatic heterocycles. The third-order valence-corrected chi connectivity index (χ3v) is 16.7. The van der Waals surface area contributed by atoms with Crippen molar-refractivity contribution in [2.45, 2.75) is 89.1 Å². The maximum atomic E-state index is 14.0. The van der Waals surface area contributed by atoms with Gasteiger partial charge in [0.2, 0.25) is 29.5 Å². The predicted octanol–water partition coefficient (Wildman–Crippen LogP) is 3.00.